The van der Waals surface area contributed by atoms with Crippen LogP contribution < -0.4 is 0 Å². The van der Waals surface area contributed by atoms with Gasteiger partial charge in [0.1, 0.15) is 0 Å². The molecular formula is C18H19N3O5S2. The van der Waals surface area contributed by atoms with Crippen LogP contribution in [0.5, 0.6) is 0 Å². The van der Waals surface area contributed by atoms with Crippen molar-refractivity contribution in [2.24, 2.45) is 0 Å². The van der Waals surface area contributed by atoms with Crippen molar-refractivity contribution in [3.63, 3.8) is 0 Å². The van der Waals surface area contributed by atoms with Crippen molar-refractivity contribution >= 4 is 31.4 Å². The number of aromatic nitrogens is 2. The molecule has 28 heavy (non-hydrogen) atoms. The molecule has 3 aromatic rings. The van der Waals surface area contributed by atoms with E-state index in [4.69, 9.17) is 0 Å². The zero-order valence-electron chi connectivity index (χ0n) is 14.8. The molecule has 3 heterocycles. The summed E-state index contributed by atoms with van der Waals surface area (Å²) in [7, 11) is -8.27. The van der Waals surface area contributed by atoms with Crippen molar-refractivity contribution in [1.82, 2.24) is 13.3 Å². The van der Waals surface area contributed by atoms with Crippen molar-refractivity contribution in [3.05, 3.63) is 60.4 Å². The van der Waals surface area contributed by atoms with E-state index in [1.807, 2.05) is 0 Å². The summed E-state index contributed by atoms with van der Waals surface area (Å²) < 4.78 is 61.6. The van der Waals surface area contributed by atoms with E-state index in [9.17, 15) is 21.4 Å². The molecule has 0 amide bonds. The Kier molecular flexibility index (Phi) is 4.74. The number of hydrogen-bond acceptors (Lipinski definition) is 5. The Hall–Kier alpha value is -2.27. The molecule has 0 saturated carbocycles. The normalized spacial score (nSPS) is 18.7. The third kappa shape index (κ3) is 3.32. The second-order valence-corrected chi connectivity index (χ2v) is 9.87. The number of hydrogen-bond donors (Lipinski definition) is 1. The van der Waals surface area contributed by atoms with Crippen molar-refractivity contribution < 1.29 is 21.4 Å². The van der Waals surface area contributed by atoms with Crippen LogP contribution in [0.15, 0.2) is 59.6 Å². The van der Waals surface area contributed by atoms with E-state index >= 15 is 0 Å². The molecule has 0 radical (unpaired) electrons. The quantitative estimate of drug-likeness (QED) is 0.632. The smallest absolute Gasteiger partial charge is 0.273 e. The summed E-state index contributed by atoms with van der Waals surface area (Å²) in [6.07, 6.45) is 2.82. The van der Waals surface area contributed by atoms with Crippen molar-refractivity contribution in [3.8, 4) is 0 Å². The molecule has 1 N–H and O–H groups in total. The van der Waals surface area contributed by atoms with Gasteiger partial charge >= 0.3 is 10.3 Å². The minimum Gasteiger partial charge on any atom is -0.273 e. The van der Waals surface area contributed by atoms with Gasteiger partial charge in [-0.15, -0.1) is 0 Å². The highest BCUT2D eigenvalue weighted by molar-refractivity contribution is 7.90. The van der Waals surface area contributed by atoms with Gasteiger partial charge in [0, 0.05) is 36.3 Å². The maximum Gasteiger partial charge on any atom is 0.336 e. The summed E-state index contributed by atoms with van der Waals surface area (Å²) in [6, 6.07) is 12.7. The van der Waals surface area contributed by atoms with Crippen molar-refractivity contribution in [2.45, 2.75) is 30.2 Å². The summed E-state index contributed by atoms with van der Waals surface area (Å²) >= 11 is 0. The van der Waals surface area contributed by atoms with Gasteiger partial charge in [0.15, 0.2) is 5.65 Å². The van der Waals surface area contributed by atoms with Gasteiger partial charge in [-0.3, -0.25) is 4.55 Å². The Bertz CT molecular complexity index is 1220. The number of benzene rings is 1. The Balaban J connectivity index is 1.85. The molecule has 1 aliphatic rings. The molecule has 2 aromatic heterocycles. The van der Waals surface area contributed by atoms with Crippen LogP contribution in [0.1, 0.15) is 18.5 Å². The van der Waals surface area contributed by atoms with Crippen molar-refractivity contribution in [2.75, 3.05) is 6.54 Å². The first-order valence-electron chi connectivity index (χ1n) is 8.79. The van der Waals surface area contributed by atoms with Crippen molar-refractivity contribution in [1.29, 1.82) is 0 Å². The molecule has 1 atom stereocenters. The Morgan fingerprint density at radius 1 is 1.07 bits per heavy atom. The first-order chi connectivity index (χ1) is 13.3. The maximum atomic E-state index is 13.3. The summed E-state index contributed by atoms with van der Waals surface area (Å²) in [4.78, 5) is 4.36. The van der Waals surface area contributed by atoms with Crippen LogP contribution in [0.3, 0.4) is 0 Å². The first-order valence-corrected chi connectivity index (χ1v) is 11.6. The van der Waals surface area contributed by atoms with E-state index < -0.39 is 26.4 Å². The third-order valence-electron chi connectivity index (χ3n) is 4.94. The number of nitrogens with zero attached hydrogens (tertiary/aromatic N) is 3. The summed E-state index contributed by atoms with van der Waals surface area (Å²) in [6.45, 7) is 0.216. The standard InChI is InChI=1S/C18H19N3O5S2/c22-27(23,17-8-2-1-3-9-17)21-16(12-14-6-4-10-19-18(14)21)13-15-7-5-11-20(15)28(24,25)26/h1-4,6,8-10,12,15H,5,7,11,13H2,(H,24,25,26). The van der Waals surface area contributed by atoms with Gasteiger partial charge in [0.05, 0.1) is 4.90 Å². The fraction of sp³-hybridized carbons (Fsp3) is 0.278. The molecule has 10 heteroatoms. The topological polar surface area (TPSA) is 110 Å². The minimum atomic E-state index is -4.34. The molecule has 1 aliphatic heterocycles. The lowest BCUT2D eigenvalue weighted by molar-refractivity contribution is 0.333. The van der Waals surface area contributed by atoms with E-state index in [0.717, 1.165) is 4.31 Å². The van der Waals surface area contributed by atoms with Gasteiger partial charge in [0.25, 0.3) is 10.0 Å². The predicted octanol–water partition coefficient (Wildman–Crippen LogP) is 2.08. The highest BCUT2D eigenvalue weighted by atomic mass is 32.2. The van der Waals surface area contributed by atoms with E-state index in [2.05, 4.69) is 4.98 Å². The molecule has 1 fully saturated rings. The number of fused-ring (bicyclic) bond motifs is 1. The molecule has 1 unspecified atom stereocenters. The van der Waals surface area contributed by atoms with Crippen LogP contribution in [0, 0.1) is 0 Å². The fourth-order valence-electron chi connectivity index (χ4n) is 3.73. The van der Waals surface area contributed by atoms with E-state index in [0.29, 0.717) is 23.9 Å². The number of rotatable bonds is 5. The van der Waals surface area contributed by atoms with Gasteiger partial charge in [-0.1, -0.05) is 18.2 Å². The monoisotopic (exact) mass is 421 g/mol. The predicted molar refractivity (Wildman–Crippen MR) is 104 cm³/mol. The lowest BCUT2D eigenvalue weighted by Gasteiger charge is -2.21. The lowest BCUT2D eigenvalue weighted by Crippen LogP contribution is -2.36. The molecule has 8 nitrogen and oxygen atoms in total. The van der Waals surface area contributed by atoms with E-state index in [1.54, 1.807) is 36.4 Å². The minimum absolute atomic E-state index is 0.123. The van der Waals surface area contributed by atoms with E-state index in [1.165, 1.54) is 22.3 Å². The average molecular weight is 422 g/mol. The first kappa shape index (κ1) is 19.1. The van der Waals surface area contributed by atoms with Gasteiger partial charge in [-0.25, -0.2) is 17.4 Å². The van der Waals surface area contributed by atoms with Gasteiger partial charge in [0.2, 0.25) is 0 Å². The lowest BCUT2D eigenvalue weighted by atomic mass is 10.1. The molecule has 1 aromatic carbocycles. The fourth-order valence-corrected chi connectivity index (χ4v) is 6.18. The maximum absolute atomic E-state index is 13.3. The molecule has 4 rings (SSSR count). The molecule has 0 bridgehead atoms. The molecule has 0 aliphatic carbocycles. The largest absolute Gasteiger partial charge is 0.336 e. The second-order valence-electron chi connectivity index (χ2n) is 6.72. The van der Waals surface area contributed by atoms with Gasteiger partial charge in [-0.2, -0.15) is 12.7 Å². The van der Waals surface area contributed by atoms with Crippen LogP contribution in [0.4, 0.5) is 0 Å². The van der Waals surface area contributed by atoms with Crippen LogP contribution in [-0.4, -0.2) is 47.2 Å². The van der Waals surface area contributed by atoms with E-state index in [-0.39, 0.29) is 23.5 Å². The van der Waals surface area contributed by atoms with Crippen LogP contribution in [0.25, 0.3) is 11.0 Å². The Morgan fingerprint density at radius 2 is 1.82 bits per heavy atom. The SMILES string of the molecule is O=S(=O)(O)N1CCCC1Cc1cc2cccnc2n1S(=O)(=O)c1ccccc1. The molecule has 148 valence electrons. The zero-order valence-corrected chi connectivity index (χ0v) is 16.5. The molecule has 1 saturated heterocycles. The van der Waals surface area contributed by atoms with Gasteiger partial charge < -0.3 is 0 Å². The molecule has 0 spiro atoms. The summed E-state index contributed by atoms with van der Waals surface area (Å²) in [5, 5.41) is 0.647. The average Bonchev–Trinajstić information content (AvgIpc) is 3.26. The Labute approximate surface area is 163 Å². The highest BCUT2D eigenvalue weighted by Gasteiger charge is 2.35. The summed E-state index contributed by atoms with van der Waals surface area (Å²) in [5.41, 5.74) is 0.718. The zero-order chi connectivity index (χ0) is 19.9. The van der Waals surface area contributed by atoms with Gasteiger partial charge in [-0.05, 0) is 43.2 Å². The summed E-state index contributed by atoms with van der Waals surface area (Å²) in [5.74, 6) is 0. The van der Waals surface area contributed by atoms with Crippen LogP contribution in [0.2, 0.25) is 0 Å². The van der Waals surface area contributed by atoms with Crippen LogP contribution in [-0.2, 0) is 26.7 Å². The van der Waals surface area contributed by atoms with Crippen LogP contribution >= 0.6 is 0 Å². The second kappa shape index (κ2) is 6.96. The third-order valence-corrected chi connectivity index (χ3v) is 7.77. The Morgan fingerprint density at radius 3 is 2.54 bits per heavy atom. The molecular weight excluding hydrogens is 402 g/mol. The highest BCUT2D eigenvalue weighted by Crippen LogP contribution is 2.29. The number of pyridine rings is 1.